The van der Waals surface area contributed by atoms with Crippen LogP contribution in [0.5, 0.6) is 5.75 Å². The molecule has 0 atom stereocenters. The molecule has 0 saturated carbocycles. The van der Waals surface area contributed by atoms with Crippen molar-refractivity contribution in [3.63, 3.8) is 0 Å². The summed E-state index contributed by atoms with van der Waals surface area (Å²) in [5.74, 6) is 3.34. The third-order valence-electron chi connectivity index (χ3n) is 2.55. The summed E-state index contributed by atoms with van der Waals surface area (Å²) < 4.78 is 5.46. The minimum Gasteiger partial charge on any atom is -0.492 e. The highest BCUT2D eigenvalue weighted by Crippen LogP contribution is 2.12. The number of nitrogens with one attached hydrogen (secondary N) is 1. The lowest BCUT2D eigenvalue weighted by Crippen LogP contribution is -2.27. The summed E-state index contributed by atoms with van der Waals surface area (Å²) in [5, 5.41) is 2.80. The van der Waals surface area contributed by atoms with Crippen LogP contribution in [0.25, 0.3) is 0 Å². The standard InChI is InChI=1S/C15H20N2O2/c1-2-3-4-5-6-15(18)17-11-12-19-14-9-7-13(16)8-10-14/h1,7-10H,3-6,11-12,16H2,(H,17,18). The van der Waals surface area contributed by atoms with E-state index in [1.54, 1.807) is 24.3 Å². The van der Waals surface area contributed by atoms with Crippen LogP contribution >= 0.6 is 0 Å². The molecule has 0 aliphatic rings. The molecular formula is C15H20N2O2. The van der Waals surface area contributed by atoms with E-state index >= 15 is 0 Å². The van der Waals surface area contributed by atoms with Crippen molar-refractivity contribution >= 4 is 11.6 Å². The van der Waals surface area contributed by atoms with Gasteiger partial charge in [0.15, 0.2) is 0 Å². The van der Waals surface area contributed by atoms with Crippen LogP contribution in [0, 0.1) is 12.3 Å². The summed E-state index contributed by atoms with van der Waals surface area (Å²) in [6, 6.07) is 7.16. The number of anilines is 1. The first-order valence-corrected chi connectivity index (χ1v) is 6.41. The van der Waals surface area contributed by atoms with Gasteiger partial charge in [0.25, 0.3) is 0 Å². The van der Waals surface area contributed by atoms with Crippen LogP contribution in [-0.4, -0.2) is 19.1 Å². The number of nitrogen functional groups attached to an aromatic ring is 1. The smallest absolute Gasteiger partial charge is 0.220 e. The Kier molecular flexibility index (Phi) is 6.96. The maximum Gasteiger partial charge on any atom is 0.220 e. The van der Waals surface area contributed by atoms with Crippen molar-refractivity contribution < 1.29 is 9.53 Å². The van der Waals surface area contributed by atoms with Crippen LogP contribution in [0.2, 0.25) is 0 Å². The summed E-state index contributed by atoms with van der Waals surface area (Å²) >= 11 is 0. The van der Waals surface area contributed by atoms with E-state index in [2.05, 4.69) is 11.2 Å². The van der Waals surface area contributed by atoms with Crippen molar-refractivity contribution in [2.45, 2.75) is 25.7 Å². The second kappa shape index (κ2) is 8.87. The Morgan fingerprint density at radius 3 is 2.74 bits per heavy atom. The quantitative estimate of drug-likeness (QED) is 0.426. The number of benzene rings is 1. The zero-order chi connectivity index (χ0) is 13.9. The van der Waals surface area contributed by atoms with Gasteiger partial charge in [-0.1, -0.05) is 0 Å². The lowest BCUT2D eigenvalue weighted by atomic mass is 10.2. The molecule has 3 N–H and O–H groups in total. The van der Waals surface area contributed by atoms with E-state index in [4.69, 9.17) is 16.9 Å². The average molecular weight is 260 g/mol. The third-order valence-corrected chi connectivity index (χ3v) is 2.55. The van der Waals surface area contributed by atoms with Crippen LogP contribution < -0.4 is 15.8 Å². The minimum absolute atomic E-state index is 0.0397. The molecule has 1 rings (SSSR count). The summed E-state index contributed by atoms with van der Waals surface area (Å²) in [5.41, 5.74) is 6.27. The summed E-state index contributed by atoms with van der Waals surface area (Å²) in [6.45, 7) is 0.943. The molecule has 0 saturated heterocycles. The number of carbonyl (C=O) groups excluding carboxylic acids is 1. The van der Waals surface area contributed by atoms with E-state index in [9.17, 15) is 4.79 Å². The molecule has 0 unspecified atom stereocenters. The van der Waals surface area contributed by atoms with Gasteiger partial charge in [0.05, 0.1) is 6.54 Å². The van der Waals surface area contributed by atoms with E-state index in [1.807, 2.05) is 0 Å². The highest BCUT2D eigenvalue weighted by Gasteiger charge is 2.00. The maximum absolute atomic E-state index is 11.4. The second-order valence-corrected chi connectivity index (χ2v) is 4.18. The third kappa shape index (κ3) is 6.99. The topological polar surface area (TPSA) is 64.3 Å². The highest BCUT2D eigenvalue weighted by atomic mass is 16.5. The number of nitrogens with two attached hydrogens (primary N) is 1. The van der Waals surface area contributed by atoms with Gasteiger partial charge in [-0.15, -0.1) is 12.3 Å². The molecule has 1 aromatic carbocycles. The second-order valence-electron chi connectivity index (χ2n) is 4.18. The first-order valence-electron chi connectivity index (χ1n) is 6.41. The van der Waals surface area contributed by atoms with Gasteiger partial charge in [0.2, 0.25) is 5.91 Å². The van der Waals surface area contributed by atoms with Crippen LogP contribution in [-0.2, 0) is 4.79 Å². The summed E-state index contributed by atoms with van der Waals surface area (Å²) in [4.78, 5) is 11.4. The van der Waals surface area contributed by atoms with Crippen LogP contribution in [0.3, 0.4) is 0 Å². The molecular weight excluding hydrogens is 240 g/mol. The number of unbranched alkanes of at least 4 members (excludes halogenated alkanes) is 2. The number of terminal acetylenes is 1. The van der Waals surface area contributed by atoms with Gasteiger partial charge in [-0.3, -0.25) is 4.79 Å². The minimum atomic E-state index is 0.0397. The Labute approximate surface area is 114 Å². The number of rotatable bonds is 8. The molecule has 0 aliphatic carbocycles. The fourth-order valence-electron chi connectivity index (χ4n) is 1.52. The first-order chi connectivity index (χ1) is 9.22. The molecule has 0 radical (unpaired) electrons. The van der Waals surface area contributed by atoms with Crippen LogP contribution in [0.4, 0.5) is 5.69 Å². The van der Waals surface area contributed by atoms with Gasteiger partial charge in [0.1, 0.15) is 12.4 Å². The lowest BCUT2D eigenvalue weighted by molar-refractivity contribution is -0.121. The van der Waals surface area contributed by atoms with Crippen molar-refractivity contribution in [1.82, 2.24) is 5.32 Å². The fourth-order valence-corrected chi connectivity index (χ4v) is 1.52. The SMILES string of the molecule is C#CCCCCC(=O)NCCOc1ccc(N)cc1. The molecule has 0 bridgehead atoms. The van der Waals surface area contributed by atoms with Gasteiger partial charge < -0.3 is 15.8 Å². The molecule has 0 spiro atoms. The highest BCUT2D eigenvalue weighted by molar-refractivity contribution is 5.75. The van der Waals surface area contributed by atoms with E-state index in [-0.39, 0.29) is 5.91 Å². The molecule has 0 aromatic heterocycles. The van der Waals surface area contributed by atoms with Crippen LogP contribution in [0.1, 0.15) is 25.7 Å². The molecule has 1 aromatic rings. The number of carbonyl (C=O) groups is 1. The molecule has 4 heteroatoms. The Hall–Kier alpha value is -2.15. The zero-order valence-corrected chi connectivity index (χ0v) is 11.0. The molecule has 102 valence electrons. The largest absolute Gasteiger partial charge is 0.492 e. The maximum atomic E-state index is 11.4. The van der Waals surface area contributed by atoms with Crippen molar-refractivity contribution in [1.29, 1.82) is 0 Å². The Balaban J connectivity index is 2.05. The zero-order valence-electron chi connectivity index (χ0n) is 11.0. The lowest BCUT2D eigenvalue weighted by Gasteiger charge is -2.07. The van der Waals surface area contributed by atoms with Crippen LogP contribution in [0.15, 0.2) is 24.3 Å². The van der Waals surface area contributed by atoms with Gasteiger partial charge >= 0.3 is 0 Å². The molecule has 0 aliphatic heterocycles. The molecule has 0 fully saturated rings. The van der Waals surface area contributed by atoms with Gasteiger partial charge in [0, 0.05) is 18.5 Å². The van der Waals surface area contributed by atoms with Crippen molar-refractivity contribution in [2.75, 3.05) is 18.9 Å². The van der Waals surface area contributed by atoms with E-state index in [0.717, 1.165) is 25.0 Å². The molecule has 0 heterocycles. The molecule has 4 nitrogen and oxygen atoms in total. The predicted octanol–water partition coefficient (Wildman–Crippen LogP) is 1.96. The van der Waals surface area contributed by atoms with Crippen molar-refractivity contribution in [2.24, 2.45) is 0 Å². The first kappa shape index (κ1) is 14.9. The Bertz CT molecular complexity index is 421. The summed E-state index contributed by atoms with van der Waals surface area (Å²) in [7, 11) is 0. The van der Waals surface area contributed by atoms with Gasteiger partial charge in [-0.25, -0.2) is 0 Å². The fraction of sp³-hybridized carbons (Fsp3) is 0.400. The Morgan fingerprint density at radius 2 is 2.05 bits per heavy atom. The van der Waals surface area contributed by atoms with Crippen molar-refractivity contribution in [3.8, 4) is 18.1 Å². The van der Waals surface area contributed by atoms with Gasteiger partial charge in [-0.05, 0) is 37.1 Å². The molecule has 1 amide bonds. The molecule has 19 heavy (non-hydrogen) atoms. The van der Waals surface area contributed by atoms with Crippen molar-refractivity contribution in [3.05, 3.63) is 24.3 Å². The summed E-state index contributed by atoms with van der Waals surface area (Å²) in [6.07, 6.45) is 8.10. The van der Waals surface area contributed by atoms with E-state index < -0.39 is 0 Å². The number of ether oxygens (including phenoxy) is 1. The predicted molar refractivity (Wildman–Crippen MR) is 76.7 cm³/mol. The van der Waals surface area contributed by atoms with E-state index in [1.165, 1.54) is 0 Å². The normalized spacial score (nSPS) is 9.63. The monoisotopic (exact) mass is 260 g/mol. The van der Waals surface area contributed by atoms with Gasteiger partial charge in [-0.2, -0.15) is 0 Å². The number of hydrogen-bond acceptors (Lipinski definition) is 3. The Morgan fingerprint density at radius 1 is 1.32 bits per heavy atom. The average Bonchev–Trinajstić information content (AvgIpc) is 2.42. The number of hydrogen-bond donors (Lipinski definition) is 2. The van der Waals surface area contributed by atoms with E-state index in [0.29, 0.717) is 25.3 Å². The number of amides is 1.